The van der Waals surface area contributed by atoms with E-state index in [4.69, 9.17) is 0 Å². The number of aromatic nitrogens is 4. The molecule has 19 heavy (non-hydrogen) atoms. The summed E-state index contributed by atoms with van der Waals surface area (Å²) in [5.41, 5.74) is 1.16. The molecule has 0 aliphatic heterocycles. The van der Waals surface area contributed by atoms with Crippen molar-refractivity contribution in [2.45, 2.75) is 33.4 Å². The summed E-state index contributed by atoms with van der Waals surface area (Å²) in [6.45, 7) is 4.74. The van der Waals surface area contributed by atoms with Crippen molar-refractivity contribution in [1.29, 1.82) is 0 Å². The summed E-state index contributed by atoms with van der Waals surface area (Å²) in [6.07, 6.45) is 2.40. The average Bonchev–Trinajstić information content (AvgIpc) is 2.67. The average molecular weight is 262 g/mol. The van der Waals surface area contributed by atoms with Crippen LogP contribution in [0.2, 0.25) is 0 Å². The van der Waals surface area contributed by atoms with Crippen molar-refractivity contribution in [3.05, 3.63) is 50.6 Å². The van der Waals surface area contributed by atoms with Crippen molar-refractivity contribution in [3.8, 4) is 0 Å². The summed E-state index contributed by atoms with van der Waals surface area (Å²) in [5, 5.41) is 4.22. The zero-order valence-corrected chi connectivity index (χ0v) is 11.5. The minimum Gasteiger partial charge on any atom is -0.300 e. The first-order chi connectivity index (χ1) is 9.02. The normalized spacial score (nSPS) is 10.9. The summed E-state index contributed by atoms with van der Waals surface area (Å²) < 4.78 is 4.50. The van der Waals surface area contributed by atoms with Crippen molar-refractivity contribution >= 4 is 0 Å². The Balaban J connectivity index is 2.45. The molecule has 0 aromatic carbocycles. The second-order valence-corrected chi connectivity index (χ2v) is 4.62. The molecule has 0 amide bonds. The minimum atomic E-state index is -0.281. The molecule has 0 aliphatic rings. The van der Waals surface area contributed by atoms with Gasteiger partial charge in [-0.05, 0) is 19.4 Å². The van der Waals surface area contributed by atoms with Crippen LogP contribution in [0.1, 0.15) is 24.7 Å². The molecule has 0 aliphatic carbocycles. The lowest BCUT2D eigenvalue weighted by molar-refractivity contribution is 0.555. The van der Waals surface area contributed by atoms with E-state index < -0.39 is 0 Å². The second kappa shape index (κ2) is 5.26. The third-order valence-electron chi connectivity index (χ3n) is 3.02. The lowest BCUT2D eigenvalue weighted by atomic mass is 10.3. The van der Waals surface area contributed by atoms with E-state index in [2.05, 4.69) is 5.10 Å². The van der Waals surface area contributed by atoms with E-state index in [9.17, 15) is 9.59 Å². The first-order valence-electron chi connectivity index (χ1n) is 6.32. The molecule has 0 saturated carbocycles. The zero-order valence-electron chi connectivity index (χ0n) is 11.5. The van der Waals surface area contributed by atoms with Gasteiger partial charge in [-0.2, -0.15) is 5.10 Å². The van der Waals surface area contributed by atoms with Crippen LogP contribution >= 0.6 is 0 Å². The van der Waals surface area contributed by atoms with Crippen LogP contribution in [-0.4, -0.2) is 18.9 Å². The van der Waals surface area contributed by atoms with Crippen LogP contribution in [0.5, 0.6) is 0 Å². The van der Waals surface area contributed by atoms with E-state index >= 15 is 0 Å². The molecule has 0 atom stereocenters. The fraction of sp³-hybridized carbons (Fsp3) is 0.462. The van der Waals surface area contributed by atoms with E-state index in [-0.39, 0.29) is 17.8 Å². The fourth-order valence-corrected chi connectivity index (χ4v) is 2.09. The predicted molar refractivity (Wildman–Crippen MR) is 72.3 cm³/mol. The fourth-order valence-electron chi connectivity index (χ4n) is 2.09. The van der Waals surface area contributed by atoms with Crippen molar-refractivity contribution in [1.82, 2.24) is 18.9 Å². The number of rotatable bonds is 4. The topological polar surface area (TPSA) is 61.8 Å². The summed E-state index contributed by atoms with van der Waals surface area (Å²) in [5.74, 6) is 0. The summed E-state index contributed by atoms with van der Waals surface area (Å²) in [4.78, 5) is 24.0. The number of nitrogens with zero attached hydrogens (tertiary/aromatic N) is 4. The molecule has 0 N–H and O–H groups in total. The van der Waals surface area contributed by atoms with Crippen LogP contribution < -0.4 is 11.2 Å². The zero-order chi connectivity index (χ0) is 14.0. The van der Waals surface area contributed by atoms with E-state index in [0.29, 0.717) is 6.54 Å². The highest BCUT2D eigenvalue weighted by Gasteiger charge is 2.08. The van der Waals surface area contributed by atoms with Crippen molar-refractivity contribution in [2.75, 3.05) is 0 Å². The Kier molecular flexibility index (Phi) is 3.69. The van der Waals surface area contributed by atoms with Crippen LogP contribution in [0.25, 0.3) is 0 Å². The third-order valence-corrected chi connectivity index (χ3v) is 3.02. The van der Waals surface area contributed by atoms with E-state index in [1.807, 2.05) is 19.9 Å². The van der Waals surface area contributed by atoms with Gasteiger partial charge in [-0.3, -0.25) is 14.0 Å². The maximum absolute atomic E-state index is 12.2. The summed E-state index contributed by atoms with van der Waals surface area (Å²) in [7, 11) is 1.81. The largest absolute Gasteiger partial charge is 0.331 e. The summed E-state index contributed by atoms with van der Waals surface area (Å²) in [6, 6.07) is 3.31. The van der Waals surface area contributed by atoms with Gasteiger partial charge in [0.15, 0.2) is 0 Å². The molecule has 2 rings (SSSR count). The molecule has 0 spiro atoms. The van der Waals surface area contributed by atoms with Crippen LogP contribution in [0.4, 0.5) is 0 Å². The molecule has 102 valence electrons. The number of hydrogen-bond acceptors (Lipinski definition) is 3. The molecule has 2 aromatic rings. The Morgan fingerprint density at radius 3 is 2.63 bits per heavy atom. The summed E-state index contributed by atoms with van der Waals surface area (Å²) >= 11 is 0. The smallest absolute Gasteiger partial charge is 0.300 e. The molecule has 0 radical (unpaired) electrons. The monoisotopic (exact) mass is 262 g/mol. The molecular weight excluding hydrogens is 244 g/mol. The van der Waals surface area contributed by atoms with Gasteiger partial charge in [-0.15, -0.1) is 0 Å². The number of hydrogen-bond donors (Lipinski definition) is 0. The van der Waals surface area contributed by atoms with Crippen molar-refractivity contribution in [2.24, 2.45) is 7.05 Å². The predicted octanol–water partition coefficient (Wildman–Crippen LogP) is 0.510. The highest BCUT2D eigenvalue weighted by atomic mass is 16.2. The van der Waals surface area contributed by atoms with Gasteiger partial charge in [-0.25, -0.2) is 4.79 Å². The Labute approximate surface area is 110 Å². The molecule has 0 bridgehead atoms. The highest BCUT2D eigenvalue weighted by molar-refractivity contribution is 5.09. The van der Waals surface area contributed by atoms with Crippen molar-refractivity contribution < 1.29 is 0 Å². The Morgan fingerprint density at radius 1 is 1.32 bits per heavy atom. The quantitative estimate of drug-likeness (QED) is 0.806. The molecule has 2 heterocycles. The SMILES string of the molecule is CCCn1ccc(=O)n(Cc2cc(C)nn2C)c1=O. The van der Waals surface area contributed by atoms with Gasteiger partial charge in [0.2, 0.25) is 0 Å². The third kappa shape index (κ3) is 2.67. The maximum atomic E-state index is 12.2. The maximum Gasteiger partial charge on any atom is 0.331 e. The molecular formula is C13H18N4O2. The van der Waals surface area contributed by atoms with Gasteiger partial charge in [0.25, 0.3) is 5.56 Å². The van der Waals surface area contributed by atoms with E-state index in [1.165, 1.54) is 10.6 Å². The van der Waals surface area contributed by atoms with Gasteiger partial charge in [-0.1, -0.05) is 6.92 Å². The molecule has 0 unspecified atom stereocenters. The van der Waals surface area contributed by atoms with Crippen LogP contribution in [0, 0.1) is 6.92 Å². The minimum absolute atomic E-state index is 0.250. The van der Waals surface area contributed by atoms with E-state index in [1.54, 1.807) is 22.5 Å². The molecule has 6 nitrogen and oxygen atoms in total. The Hall–Kier alpha value is -2.11. The van der Waals surface area contributed by atoms with Crippen molar-refractivity contribution in [3.63, 3.8) is 0 Å². The molecule has 0 fully saturated rings. The van der Waals surface area contributed by atoms with Gasteiger partial charge in [0.1, 0.15) is 0 Å². The lowest BCUT2D eigenvalue weighted by Crippen LogP contribution is -2.39. The standard InChI is InChI=1S/C13H18N4O2/c1-4-6-16-7-5-12(18)17(13(16)19)9-11-8-10(2)14-15(11)3/h5,7-8H,4,6,9H2,1-3H3. The van der Waals surface area contributed by atoms with Crippen LogP contribution in [-0.2, 0) is 20.1 Å². The van der Waals surface area contributed by atoms with Crippen LogP contribution in [0.15, 0.2) is 27.9 Å². The first kappa shape index (κ1) is 13.3. The lowest BCUT2D eigenvalue weighted by Gasteiger charge is -2.09. The second-order valence-electron chi connectivity index (χ2n) is 4.62. The Bertz CT molecular complexity index is 693. The van der Waals surface area contributed by atoms with Gasteiger partial charge < -0.3 is 4.57 Å². The van der Waals surface area contributed by atoms with Gasteiger partial charge in [0, 0.05) is 25.9 Å². The van der Waals surface area contributed by atoms with Crippen LogP contribution in [0.3, 0.4) is 0 Å². The first-order valence-corrected chi connectivity index (χ1v) is 6.32. The molecule has 6 heteroatoms. The highest BCUT2D eigenvalue weighted by Crippen LogP contribution is 2.02. The van der Waals surface area contributed by atoms with Gasteiger partial charge >= 0.3 is 5.69 Å². The Morgan fingerprint density at radius 2 is 2.05 bits per heavy atom. The van der Waals surface area contributed by atoms with E-state index in [0.717, 1.165) is 17.8 Å². The number of aryl methyl sites for hydroxylation is 3. The molecule has 0 saturated heterocycles. The van der Waals surface area contributed by atoms with Gasteiger partial charge in [0.05, 0.1) is 17.9 Å². The molecule has 2 aromatic heterocycles.